The second-order valence-electron chi connectivity index (χ2n) is 10.8. The van der Waals surface area contributed by atoms with Crippen LogP contribution in [-0.4, -0.2) is 46.9 Å². The fourth-order valence-electron chi connectivity index (χ4n) is 7.74. The van der Waals surface area contributed by atoms with Crippen molar-refractivity contribution in [2.45, 2.75) is 71.9 Å². The van der Waals surface area contributed by atoms with Gasteiger partial charge < -0.3 is 19.3 Å². The summed E-state index contributed by atoms with van der Waals surface area (Å²) in [5.41, 5.74) is -2.04. The molecule has 5 aliphatic rings. The quantitative estimate of drug-likeness (QED) is 0.516. The Balaban J connectivity index is 1.79. The van der Waals surface area contributed by atoms with Gasteiger partial charge in [0.15, 0.2) is 18.0 Å². The van der Waals surface area contributed by atoms with Gasteiger partial charge in [0, 0.05) is 18.8 Å². The van der Waals surface area contributed by atoms with E-state index >= 15 is 0 Å². The summed E-state index contributed by atoms with van der Waals surface area (Å²) in [6, 6.07) is 0. The van der Waals surface area contributed by atoms with Crippen LogP contribution >= 0.6 is 0 Å². The number of ether oxygens (including phenoxy) is 3. The molecule has 0 aromatic heterocycles. The van der Waals surface area contributed by atoms with E-state index in [1.54, 1.807) is 13.8 Å². The lowest BCUT2D eigenvalue weighted by Crippen LogP contribution is -2.65. The molecule has 5 rings (SSSR count). The van der Waals surface area contributed by atoms with Crippen LogP contribution in [0.5, 0.6) is 0 Å². The van der Waals surface area contributed by atoms with Gasteiger partial charge >= 0.3 is 12.1 Å². The first-order valence-corrected chi connectivity index (χ1v) is 10.9. The Morgan fingerprint density at radius 3 is 2.57 bits per heavy atom. The molecule has 1 N–H and O–H groups in total. The average Bonchev–Trinajstić information content (AvgIpc) is 2.94. The molecule has 1 saturated heterocycles. The number of rotatable bonds is 1. The zero-order valence-corrected chi connectivity index (χ0v) is 18.3. The van der Waals surface area contributed by atoms with E-state index in [-0.39, 0.29) is 23.0 Å². The highest BCUT2D eigenvalue weighted by atomic mass is 16.8. The van der Waals surface area contributed by atoms with Crippen LogP contribution in [0.15, 0.2) is 11.6 Å². The Hall–Kier alpha value is -1.89. The molecule has 7 nitrogen and oxygen atoms in total. The van der Waals surface area contributed by atoms with E-state index in [1.165, 1.54) is 6.92 Å². The van der Waals surface area contributed by atoms with Gasteiger partial charge in [-0.25, -0.2) is 4.79 Å². The summed E-state index contributed by atoms with van der Waals surface area (Å²) in [7, 11) is 0. The molecule has 0 amide bonds. The van der Waals surface area contributed by atoms with Gasteiger partial charge in [0.1, 0.15) is 0 Å². The number of fused-ring (bicyclic) bond motifs is 3. The molecular formula is C23H30O7. The number of carbonyl (C=O) groups excluding carboxylic acids is 3. The maximum atomic E-state index is 14.4. The van der Waals surface area contributed by atoms with E-state index in [2.05, 4.69) is 13.8 Å². The monoisotopic (exact) mass is 418 g/mol. The Morgan fingerprint density at radius 2 is 1.93 bits per heavy atom. The van der Waals surface area contributed by atoms with Crippen molar-refractivity contribution in [1.82, 2.24) is 0 Å². The van der Waals surface area contributed by atoms with E-state index < -0.39 is 53.3 Å². The topological polar surface area (TPSA) is 99.1 Å². The first-order chi connectivity index (χ1) is 13.9. The molecule has 2 bridgehead atoms. The Kier molecular flexibility index (Phi) is 3.78. The van der Waals surface area contributed by atoms with Crippen molar-refractivity contribution in [3.63, 3.8) is 0 Å². The Morgan fingerprint density at radius 1 is 1.27 bits per heavy atom. The van der Waals surface area contributed by atoms with Gasteiger partial charge in [-0.3, -0.25) is 9.59 Å². The van der Waals surface area contributed by atoms with Gasteiger partial charge in [-0.1, -0.05) is 33.8 Å². The summed E-state index contributed by atoms with van der Waals surface area (Å²) >= 11 is 0. The van der Waals surface area contributed by atoms with Gasteiger partial charge in [0.25, 0.3) is 0 Å². The van der Waals surface area contributed by atoms with Crippen LogP contribution in [0.2, 0.25) is 0 Å². The Labute approximate surface area is 176 Å². The van der Waals surface area contributed by atoms with Crippen molar-refractivity contribution in [3.05, 3.63) is 11.6 Å². The molecule has 0 radical (unpaired) electrons. The second-order valence-corrected chi connectivity index (χ2v) is 10.8. The van der Waals surface area contributed by atoms with E-state index in [9.17, 15) is 19.5 Å². The molecule has 1 heterocycles. The smallest absolute Gasteiger partial charge is 0.454 e. The molecule has 4 aliphatic carbocycles. The van der Waals surface area contributed by atoms with Crippen LogP contribution < -0.4 is 0 Å². The molecular weight excluding hydrogens is 388 g/mol. The Bertz CT molecular complexity index is 890. The predicted molar refractivity (Wildman–Crippen MR) is 104 cm³/mol. The molecule has 1 aliphatic heterocycles. The van der Waals surface area contributed by atoms with Gasteiger partial charge in [-0.05, 0) is 42.1 Å². The van der Waals surface area contributed by atoms with Crippen molar-refractivity contribution >= 4 is 17.9 Å². The van der Waals surface area contributed by atoms with Crippen LogP contribution in [0, 0.1) is 40.4 Å². The minimum atomic E-state index is -1.49. The summed E-state index contributed by atoms with van der Waals surface area (Å²) in [6.45, 7) is 11.2. The fraction of sp³-hybridized carbons (Fsp3) is 0.783. The average molecular weight is 418 g/mol. The lowest BCUT2D eigenvalue weighted by molar-refractivity contribution is -0.181. The van der Waals surface area contributed by atoms with Gasteiger partial charge in [0.2, 0.25) is 5.60 Å². The summed E-state index contributed by atoms with van der Waals surface area (Å²) in [4.78, 5) is 38.9. The number of ketones is 1. The molecule has 3 saturated carbocycles. The third kappa shape index (κ3) is 1.98. The molecule has 0 aromatic carbocycles. The highest BCUT2D eigenvalue weighted by molar-refractivity contribution is 5.95. The molecule has 30 heavy (non-hydrogen) atoms. The highest BCUT2D eigenvalue weighted by Gasteiger charge is 2.83. The predicted octanol–water partition coefficient (Wildman–Crippen LogP) is 2.65. The third-order valence-corrected chi connectivity index (χ3v) is 9.09. The normalized spacial score (nSPS) is 52.6. The molecule has 164 valence electrons. The molecule has 4 fully saturated rings. The molecule has 0 aromatic rings. The van der Waals surface area contributed by atoms with E-state index in [0.717, 1.165) is 6.42 Å². The summed E-state index contributed by atoms with van der Waals surface area (Å²) in [6.07, 6.45) is -1.04. The molecule has 2 spiro atoms. The number of aliphatic hydroxyl groups excluding tert-OH is 1. The van der Waals surface area contributed by atoms with Crippen LogP contribution in [0.1, 0.15) is 48.0 Å². The van der Waals surface area contributed by atoms with Crippen molar-refractivity contribution in [3.8, 4) is 0 Å². The SMILES string of the molecule is CC(=O)OC1C(C)=C[C@@]23C(=O)C(C4C(C[C@H]2C)C4(C)C)[C@H](O)[C@H](C)[C@H]2OC(=O)O[C@]123. The van der Waals surface area contributed by atoms with Crippen LogP contribution in [0.25, 0.3) is 0 Å². The largest absolute Gasteiger partial charge is 0.509 e. The standard InChI is InChI=1S/C23H30O7/c1-9-8-22-10(2)7-13-15(21(13,5)6)14(17(22)26)16(25)11(3)19-23(22,30-20(27)29-19)18(9)28-12(4)24/h8,10-11,13-16,18-19,25H,7H2,1-6H3/t10-,11+,13?,14?,15?,16-,18?,19-,22+,23-/m1/s1. The second kappa shape index (κ2) is 5.67. The molecule has 7 heteroatoms. The number of aliphatic hydroxyl groups is 1. The maximum Gasteiger partial charge on any atom is 0.509 e. The van der Waals surface area contributed by atoms with Crippen molar-refractivity contribution in [1.29, 1.82) is 0 Å². The van der Waals surface area contributed by atoms with E-state index in [0.29, 0.717) is 11.5 Å². The van der Waals surface area contributed by atoms with Gasteiger partial charge in [-0.15, -0.1) is 0 Å². The third-order valence-electron chi connectivity index (χ3n) is 9.09. The van der Waals surface area contributed by atoms with Gasteiger partial charge in [-0.2, -0.15) is 0 Å². The van der Waals surface area contributed by atoms with Crippen LogP contribution in [0.3, 0.4) is 0 Å². The highest BCUT2D eigenvalue weighted by Crippen LogP contribution is 2.73. The van der Waals surface area contributed by atoms with Crippen molar-refractivity contribution < 1.29 is 33.7 Å². The van der Waals surface area contributed by atoms with Crippen LogP contribution in [-0.2, 0) is 23.8 Å². The number of Topliss-reactive ketones (excluding diaryl/α,β-unsaturated/α-hetero) is 1. The van der Waals surface area contributed by atoms with Crippen molar-refractivity contribution in [2.24, 2.45) is 40.4 Å². The minimum absolute atomic E-state index is 0.0340. The van der Waals surface area contributed by atoms with E-state index in [1.807, 2.05) is 13.0 Å². The lowest BCUT2D eigenvalue weighted by Gasteiger charge is -2.47. The number of hydrogen-bond acceptors (Lipinski definition) is 7. The van der Waals surface area contributed by atoms with Crippen LogP contribution in [0.4, 0.5) is 4.79 Å². The first kappa shape index (κ1) is 20.0. The molecule has 4 unspecified atom stereocenters. The summed E-state index contributed by atoms with van der Waals surface area (Å²) in [5, 5.41) is 11.4. The number of carbonyl (C=O) groups is 3. The lowest BCUT2D eigenvalue weighted by atomic mass is 9.59. The minimum Gasteiger partial charge on any atom is -0.454 e. The first-order valence-electron chi connectivity index (χ1n) is 10.9. The number of esters is 1. The zero-order valence-electron chi connectivity index (χ0n) is 18.3. The number of hydrogen-bond donors (Lipinski definition) is 1. The fourth-order valence-corrected chi connectivity index (χ4v) is 7.74. The van der Waals surface area contributed by atoms with Gasteiger partial charge in [0.05, 0.1) is 11.5 Å². The zero-order chi connectivity index (χ0) is 22.0. The van der Waals surface area contributed by atoms with Crippen molar-refractivity contribution in [2.75, 3.05) is 0 Å². The summed E-state index contributed by atoms with van der Waals surface area (Å²) in [5.74, 6) is -1.56. The summed E-state index contributed by atoms with van der Waals surface area (Å²) < 4.78 is 17.2. The van der Waals surface area contributed by atoms with E-state index in [4.69, 9.17) is 14.2 Å². The molecule has 10 atom stereocenters. The maximum absolute atomic E-state index is 14.4.